The highest BCUT2D eigenvalue weighted by molar-refractivity contribution is 9.10. The molecule has 0 fully saturated rings. The van der Waals surface area contributed by atoms with E-state index >= 15 is 0 Å². The van der Waals surface area contributed by atoms with Gasteiger partial charge in [0, 0.05) is 19.2 Å². The van der Waals surface area contributed by atoms with E-state index in [0.717, 1.165) is 25.1 Å². The summed E-state index contributed by atoms with van der Waals surface area (Å²) in [7, 11) is 0. The number of hydrogen-bond acceptors (Lipinski definition) is 3. The minimum Gasteiger partial charge on any atom is -0.299 e. The molecule has 0 saturated heterocycles. The molecule has 2 aromatic rings. The predicted molar refractivity (Wildman–Crippen MR) is 86.4 cm³/mol. The monoisotopic (exact) mass is 413 g/mol. The van der Waals surface area contributed by atoms with Gasteiger partial charge in [-0.3, -0.25) is 14.5 Å². The minimum absolute atomic E-state index is 0.427. The van der Waals surface area contributed by atoms with Crippen LogP contribution < -0.4 is 4.90 Å². The number of carbonyl (C=O) groups excluding carboxylic acids is 2. The molecule has 1 aliphatic rings. The molecule has 0 bridgehead atoms. The van der Waals surface area contributed by atoms with E-state index in [1.54, 1.807) is 22.3 Å². The van der Waals surface area contributed by atoms with Crippen molar-refractivity contribution < 1.29 is 9.59 Å². The molecule has 0 aliphatic carbocycles. The normalized spacial score (nSPS) is 14.1. The molecule has 1 aliphatic heterocycles. The highest BCUT2D eigenvalue weighted by Gasteiger charge is 2.37. The van der Waals surface area contributed by atoms with Crippen molar-refractivity contribution in [1.29, 1.82) is 0 Å². The molecule has 0 atom stereocenters. The highest BCUT2D eigenvalue weighted by atomic mass is 79.9. The molecule has 0 spiro atoms. The molecule has 0 N–H and O–H groups in total. The topological polar surface area (TPSA) is 37.4 Å². The molecule has 2 heterocycles. The summed E-state index contributed by atoms with van der Waals surface area (Å²) in [6.45, 7) is 2.34. The van der Waals surface area contributed by atoms with Crippen LogP contribution in [-0.4, -0.2) is 11.7 Å². The largest absolute Gasteiger partial charge is 0.299 e. The fourth-order valence-electron chi connectivity index (χ4n) is 2.35. The molecule has 1 aromatic carbocycles. The Bertz CT molecular complexity index is 739. The molecular weight excluding hydrogens is 406 g/mol. The number of amides is 1. The Kier molecular flexibility index (Phi) is 3.56. The number of nitrogens with zero attached hydrogens (tertiary/aromatic N) is 1. The van der Waals surface area contributed by atoms with E-state index in [0.29, 0.717) is 12.1 Å². The number of hydrogen-bond donors (Lipinski definition) is 0. The van der Waals surface area contributed by atoms with Gasteiger partial charge in [0.1, 0.15) is 0 Å². The van der Waals surface area contributed by atoms with Crippen LogP contribution in [-0.2, 0) is 11.3 Å². The van der Waals surface area contributed by atoms with Crippen molar-refractivity contribution in [2.75, 3.05) is 4.90 Å². The second-order valence-corrected chi connectivity index (χ2v) is 7.40. The van der Waals surface area contributed by atoms with Gasteiger partial charge in [0.2, 0.25) is 0 Å². The van der Waals surface area contributed by atoms with Crippen molar-refractivity contribution >= 4 is 60.6 Å². The fraction of sp³-hybridized carbons (Fsp3) is 0.143. The summed E-state index contributed by atoms with van der Waals surface area (Å²) in [5, 5.41) is 1.97. The van der Waals surface area contributed by atoms with Crippen molar-refractivity contribution in [3.8, 4) is 0 Å². The molecule has 102 valence electrons. The van der Waals surface area contributed by atoms with Gasteiger partial charge in [-0.15, -0.1) is 11.3 Å². The molecule has 3 rings (SSSR count). The Morgan fingerprint density at radius 3 is 2.55 bits per heavy atom. The van der Waals surface area contributed by atoms with Crippen molar-refractivity contribution in [1.82, 2.24) is 0 Å². The van der Waals surface area contributed by atoms with E-state index < -0.39 is 11.7 Å². The molecule has 1 aromatic heterocycles. The Hall–Kier alpha value is -0.980. The number of rotatable bonds is 2. The SMILES string of the molecule is Cc1cc(Br)cc2c1N(Cc1cc(Br)cs1)C(=O)C2=O. The first-order valence-electron chi connectivity index (χ1n) is 5.86. The summed E-state index contributed by atoms with van der Waals surface area (Å²) in [4.78, 5) is 26.9. The standard InChI is InChI=1S/C14H9Br2NO2S/c1-7-2-8(15)4-11-12(7)17(14(19)13(11)18)5-10-3-9(16)6-20-10/h2-4,6H,5H2,1H3. The second-order valence-electron chi connectivity index (χ2n) is 4.57. The zero-order valence-corrected chi connectivity index (χ0v) is 14.4. The fourth-order valence-corrected chi connectivity index (χ4v) is 4.36. The first-order valence-corrected chi connectivity index (χ1v) is 8.33. The zero-order chi connectivity index (χ0) is 14.4. The van der Waals surface area contributed by atoms with Gasteiger partial charge in [-0.05, 0) is 46.6 Å². The molecule has 0 radical (unpaired) electrons. The third-order valence-corrected chi connectivity index (χ3v) is 5.30. The molecule has 0 unspecified atom stereocenters. The molecular formula is C14H9Br2NO2S. The van der Waals surface area contributed by atoms with Gasteiger partial charge in [-0.2, -0.15) is 0 Å². The van der Waals surface area contributed by atoms with Crippen LogP contribution in [0.25, 0.3) is 0 Å². The summed E-state index contributed by atoms with van der Waals surface area (Å²) in [6.07, 6.45) is 0. The van der Waals surface area contributed by atoms with E-state index in [2.05, 4.69) is 31.9 Å². The maximum atomic E-state index is 12.2. The van der Waals surface area contributed by atoms with Crippen LogP contribution >= 0.6 is 43.2 Å². The molecule has 20 heavy (non-hydrogen) atoms. The number of ketones is 1. The lowest BCUT2D eigenvalue weighted by atomic mass is 10.1. The van der Waals surface area contributed by atoms with Gasteiger partial charge in [0.15, 0.2) is 0 Å². The van der Waals surface area contributed by atoms with Gasteiger partial charge < -0.3 is 0 Å². The van der Waals surface area contributed by atoms with Gasteiger partial charge in [0.25, 0.3) is 11.7 Å². The number of thiophene rings is 1. The maximum absolute atomic E-state index is 12.2. The van der Waals surface area contributed by atoms with Crippen LogP contribution in [0, 0.1) is 6.92 Å². The quantitative estimate of drug-likeness (QED) is 0.686. The van der Waals surface area contributed by atoms with Gasteiger partial charge in [0.05, 0.1) is 17.8 Å². The van der Waals surface area contributed by atoms with E-state index in [9.17, 15) is 9.59 Å². The molecule has 1 amide bonds. The highest BCUT2D eigenvalue weighted by Crippen LogP contribution is 2.36. The van der Waals surface area contributed by atoms with Crippen molar-refractivity contribution in [3.63, 3.8) is 0 Å². The van der Waals surface area contributed by atoms with Crippen LogP contribution in [0.2, 0.25) is 0 Å². The Morgan fingerprint density at radius 2 is 1.90 bits per heavy atom. The Balaban J connectivity index is 2.06. The lowest BCUT2D eigenvalue weighted by Crippen LogP contribution is -2.29. The summed E-state index contributed by atoms with van der Waals surface area (Å²) >= 11 is 8.33. The number of anilines is 1. The van der Waals surface area contributed by atoms with Crippen LogP contribution in [0.1, 0.15) is 20.8 Å². The lowest BCUT2D eigenvalue weighted by molar-refractivity contribution is -0.114. The molecule has 0 saturated carbocycles. The average Bonchev–Trinajstić information content (AvgIpc) is 2.88. The summed E-state index contributed by atoms with van der Waals surface area (Å²) in [5.74, 6) is -0.884. The number of benzene rings is 1. The lowest BCUT2D eigenvalue weighted by Gasteiger charge is -2.17. The third-order valence-electron chi connectivity index (χ3n) is 3.15. The Labute approximate surface area is 136 Å². The van der Waals surface area contributed by atoms with Crippen molar-refractivity contribution in [2.45, 2.75) is 13.5 Å². The predicted octanol–water partition coefficient (Wildman–Crippen LogP) is 4.31. The number of halogens is 2. The third kappa shape index (κ3) is 2.25. The van der Waals surface area contributed by atoms with Crippen LogP contribution in [0.5, 0.6) is 0 Å². The van der Waals surface area contributed by atoms with Gasteiger partial charge in [-0.25, -0.2) is 0 Å². The smallest absolute Gasteiger partial charge is 0.299 e. The summed E-state index contributed by atoms with van der Waals surface area (Å²) in [5.41, 5.74) is 2.13. The number of carbonyl (C=O) groups is 2. The second kappa shape index (κ2) is 5.09. The summed E-state index contributed by atoms with van der Waals surface area (Å²) in [6, 6.07) is 5.60. The van der Waals surface area contributed by atoms with E-state index in [-0.39, 0.29) is 0 Å². The molecule has 6 heteroatoms. The van der Waals surface area contributed by atoms with Gasteiger partial charge >= 0.3 is 0 Å². The van der Waals surface area contributed by atoms with Gasteiger partial charge in [-0.1, -0.05) is 15.9 Å². The summed E-state index contributed by atoms with van der Waals surface area (Å²) < 4.78 is 1.80. The number of fused-ring (bicyclic) bond motifs is 1. The van der Waals surface area contributed by atoms with E-state index in [1.165, 1.54) is 0 Å². The zero-order valence-electron chi connectivity index (χ0n) is 10.4. The number of Topliss-reactive ketones (excluding diaryl/α,β-unsaturated/α-hetero) is 1. The maximum Gasteiger partial charge on any atom is 0.299 e. The van der Waals surface area contributed by atoms with E-state index in [1.807, 2.05) is 24.4 Å². The first kappa shape index (κ1) is 14.0. The van der Waals surface area contributed by atoms with Crippen LogP contribution in [0.4, 0.5) is 5.69 Å². The average molecular weight is 415 g/mol. The van der Waals surface area contributed by atoms with Crippen LogP contribution in [0.3, 0.4) is 0 Å². The van der Waals surface area contributed by atoms with E-state index in [4.69, 9.17) is 0 Å². The van der Waals surface area contributed by atoms with Crippen molar-refractivity contribution in [2.24, 2.45) is 0 Å². The van der Waals surface area contributed by atoms with Crippen LogP contribution in [0.15, 0.2) is 32.5 Å². The van der Waals surface area contributed by atoms with Crippen molar-refractivity contribution in [3.05, 3.63) is 48.5 Å². The molecule has 3 nitrogen and oxygen atoms in total. The Morgan fingerprint density at radius 1 is 1.15 bits per heavy atom. The first-order chi connectivity index (χ1) is 9.47. The minimum atomic E-state index is -0.453. The number of aryl methyl sites for hydroxylation is 1.